The Morgan fingerprint density at radius 1 is 1.06 bits per heavy atom. The maximum atomic E-state index is 13.2. The van der Waals surface area contributed by atoms with Gasteiger partial charge in [0.15, 0.2) is 5.78 Å². The normalized spacial score (nSPS) is 20.6. The van der Waals surface area contributed by atoms with E-state index in [1.165, 1.54) is 12.8 Å². The predicted octanol–water partition coefficient (Wildman–Crippen LogP) is 6.39. The van der Waals surface area contributed by atoms with Crippen LogP contribution in [0.3, 0.4) is 0 Å². The van der Waals surface area contributed by atoms with Crippen LogP contribution in [0.5, 0.6) is 5.75 Å². The summed E-state index contributed by atoms with van der Waals surface area (Å²) in [6.07, 6.45) is 8.30. The number of hydrogen-bond acceptors (Lipinski definition) is 5. The number of phenolic OH excluding ortho intramolecular Hbond substituents is 1. The number of Topliss-reactive ketones (excluding diaryl/α,β-unsaturated/α-hetero) is 1. The first kappa shape index (κ1) is 23.1. The van der Waals surface area contributed by atoms with Crippen molar-refractivity contribution in [1.82, 2.24) is 9.88 Å². The maximum absolute atomic E-state index is 13.2. The first-order chi connectivity index (χ1) is 16.4. The molecular formula is C28H32ClN3O2. The van der Waals surface area contributed by atoms with Gasteiger partial charge >= 0.3 is 0 Å². The lowest BCUT2D eigenvalue weighted by atomic mass is 9.85. The number of halogens is 1. The highest BCUT2D eigenvalue weighted by Crippen LogP contribution is 2.39. The summed E-state index contributed by atoms with van der Waals surface area (Å²) in [6, 6.07) is 11.7. The molecule has 34 heavy (non-hydrogen) atoms. The second kappa shape index (κ2) is 9.55. The van der Waals surface area contributed by atoms with Crippen LogP contribution < -0.4 is 5.32 Å². The van der Waals surface area contributed by atoms with E-state index in [1.54, 1.807) is 18.3 Å². The van der Waals surface area contributed by atoms with Gasteiger partial charge in [0.2, 0.25) is 0 Å². The van der Waals surface area contributed by atoms with Gasteiger partial charge in [-0.2, -0.15) is 0 Å². The number of phenols is 1. The molecule has 0 unspecified atom stereocenters. The molecule has 0 atom stereocenters. The highest BCUT2D eigenvalue weighted by Gasteiger charge is 2.33. The molecule has 2 saturated carbocycles. The molecule has 3 aromatic rings. The lowest BCUT2D eigenvalue weighted by Gasteiger charge is -2.32. The first-order valence-electron chi connectivity index (χ1n) is 12.3. The van der Waals surface area contributed by atoms with Gasteiger partial charge in [-0.1, -0.05) is 23.7 Å². The van der Waals surface area contributed by atoms with E-state index in [1.807, 2.05) is 18.2 Å². The number of carbonyl (C=O) groups excluding carboxylic acids is 1. The van der Waals surface area contributed by atoms with Crippen LogP contribution in [-0.4, -0.2) is 47.5 Å². The third-order valence-corrected chi connectivity index (χ3v) is 7.48. The van der Waals surface area contributed by atoms with E-state index < -0.39 is 0 Å². The summed E-state index contributed by atoms with van der Waals surface area (Å²) in [5.74, 6) is 1.14. The number of anilines is 1. The summed E-state index contributed by atoms with van der Waals surface area (Å²) in [7, 11) is 4.28. The van der Waals surface area contributed by atoms with Crippen molar-refractivity contribution in [3.63, 3.8) is 0 Å². The smallest absolute Gasteiger partial charge is 0.169 e. The summed E-state index contributed by atoms with van der Waals surface area (Å²) >= 11 is 6.17. The van der Waals surface area contributed by atoms with E-state index in [9.17, 15) is 9.90 Å². The van der Waals surface area contributed by atoms with Gasteiger partial charge in [-0.05, 0) is 93.9 Å². The van der Waals surface area contributed by atoms with Gasteiger partial charge < -0.3 is 15.3 Å². The summed E-state index contributed by atoms with van der Waals surface area (Å²) in [6.45, 7) is 1.13. The summed E-state index contributed by atoms with van der Waals surface area (Å²) in [5, 5.41) is 14.9. The van der Waals surface area contributed by atoms with E-state index in [2.05, 4.69) is 35.4 Å². The molecule has 2 N–H and O–H groups in total. The first-order valence-corrected chi connectivity index (χ1v) is 12.6. The largest absolute Gasteiger partial charge is 0.506 e. The van der Waals surface area contributed by atoms with Crippen molar-refractivity contribution >= 4 is 34.0 Å². The number of carbonyl (C=O) groups is 1. The SMILES string of the molecule is CN(C)C[C@H]1CC[C@H](Nc2c(C(=O)C3CC3)cnc3ccc(-c4ccc(O)c(Cl)c4)cc23)CC1. The minimum absolute atomic E-state index is 0.0670. The maximum Gasteiger partial charge on any atom is 0.169 e. The van der Waals surface area contributed by atoms with Crippen molar-refractivity contribution in [3.8, 4) is 16.9 Å². The third kappa shape index (κ3) is 4.91. The molecule has 5 rings (SSSR count). The fourth-order valence-corrected chi connectivity index (χ4v) is 5.36. The van der Waals surface area contributed by atoms with Crippen LogP contribution in [0.2, 0.25) is 5.02 Å². The van der Waals surface area contributed by atoms with Gasteiger partial charge in [-0.3, -0.25) is 9.78 Å². The number of fused-ring (bicyclic) bond motifs is 1. The highest BCUT2D eigenvalue weighted by atomic mass is 35.5. The van der Waals surface area contributed by atoms with Crippen molar-refractivity contribution < 1.29 is 9.90 Å². The van der Waals surface area contributed by atoms with Crippen molar-refractivity contribution in [2.24, 2.45) is 11.8 Å². The Hall–Kier alpha value is -2.63. The molecule has 2 aliphatic rings. The number of ketones is 1. The zero-order valence-electron chi connectivity index (χ0n) is 19.9. The average Bonchev–Trinajstić information content (AvgIpc) is 3.67. The standard InChI is InChI=1S/C28H32ClN3O2/c1-32(2)16-17-3-9-21(10-4-17)31-27-22-13-19(20-8-12-26(33)24(29)14-20)7-11-25(22)30-15-23(27)28(34)18-5-6-18/h7-8,11-15,17-18,21,33H,3-6,9-10,16H2,1-2H3,(H,30,31)/t17-,21-. The molecule has 0 saturated heterocycles. The minimum atomic E-state index is 0.0670. The van der Waals surface area contributed by atoms with Crippen molar-refractivity contribution in [2.75, 3.05) is 26.0 Å². The number of nitrogens with one attached hydrogen (secondary N) is 1. The molecule has 0 radical (unpaired) electrons. The van der Waals surface area contributed by atoms with Crippen LogP contribution in [-0.2, 0) is 0 Å². The van der Waals surface area contributed by atoms with Crippen LogP contribution in [0.25, 0.3) is 22.0 Å². The van der Waals surface area contributed by atoms with Crippen molar-refractivity contribution in [3.05, 3.63) is 53.2 Å². The predicted molar refractivity (Wildman–Crippen MR) is 139 cm³/mol. The Bertz CT molecular complexity index is 1210. The molecule has 2 aliphatic carbocycles. The van der Waals surface area contributed by atoms with E-state index in [0.717, 1.165) is 65.9 Å². The van der Waals surface area contributed by atoms with Crippen molar-refractivity contribution in [2.45, 2.75) is 44.6 Å². The molecule has 1 aromatic heterocycles. The van der Waals surface area contributed by atoms with Crippen molar-refractivity contribution in [1.29, 1.82) is 0 Å². The molecule has 178 valence electrons. The van der Waals surface area contributed by atoms with E-state index in [-0.39, 0.29) is 17.5 Å². The molecule has 0 amide bonds. The molecular weight excluding hydrogens is 446 g/mol. The zero-order chi connectivity index (χ0) is 23.8. The van der Waals surface area contributed by atoms with E-state index in [4.69, 9.17) is 11.6 Å². The van der Waals surface area contributed by atoms with Crippen LogP contribution in [0, 0.1) is 11.8 Å². The third-order valence-electron chi connectivity index (χ3n) is 7.18. The second-order valence-electron chi connectivity index (χ2n) is 10.2. The molecule has 5 nitrogen and oxygen atoms in total. The van der Waals surface area contributed by atoms with Gasteiger partial charge in [-0.25, -0.2) is 0 Å². The summed E-state index contributed by atoms with van der Waals surface area (Å²) in [5.41, 5.74) is 4.39. The molecule has 0 spiro atoms. The second-order valence-corrected chi connectivity index (χ2v) is 10.6. The number of benzene rings is 2. The molecule has 2 aromatic carbocycles. The van der Waals surface area contributed by atoms with Gasteiger partial charge in [0.1, 0.15) is 5.75 Å². The zero-order valence-corrected chi connectivity index (χ0v) is 20.6. The Morgan fingerprint density at radius 3 is 2.44 bits per heavy atom. The summed E-state index contributed by atoms with van der Waals surface area (Å²) < 4.78 is 0. The van der Waals surface area contributed by atoms with Crippen LogP contribution >= 0.6 is 11.6 Å². The fourth-order valence-electron chi connectivity index (χ4n) is 5.18. The number of hydrogen-bond donors (Lipinski definition) is 2. The Balaban J connectivity index is 1.51. The van der Waals surface area contributed by atoms with Crippen LogP contribution in [0.1, 0.15) is 48.9 Å². The average molecular weight is 478 g/mol. The summed E-state index contributed by atoms with van der Waals surface area (Å²) in [4.78, 5) is 20.1. The Morgan fingerprint density at radius 2 is 1.76 bits per heavy atom. The molecule has 2 fully saturated rings. The van der Waals surface area contributed by atoms with E-state index >= 15 is 0 Å². The molecule has 6 heteroatoms. The number of aromatic hydroxyl groups is 1. The van der Waals surface area contributed by atoms with Gasteiger partial charge in [0.25, 0.3) is 0 Å². The lowest BCUT2D eigenvalue weighted by molar-refractivity contribution is 0.0968. The number of aromatic nitrogens is 1. The van der Waals surface area contributed by atoms with E-state index in [0.29, 0.717) is 16.6 Å². The number of rotatable bonds is 7. The Labute approximate surface area is 206 Å². The monoisotopic (exact) mass is 477 g/mol. The highest BCUT2D eigenvalue weighted by molar-refractivity contribution is 6.32. The molecule has 1 heterocycles. The Kier molecular flexibility index (Phi) is 6.50. The number of nitrogens with zero attached hydrogens (tertiary/aromatic N) is 2. The van der Waals surface area contributed by atoms with Gasteiger partial charge in [0, 0.05) is 30.1 Å². The van der Waals surface area contributed by atoms with Crippen LogP contribution in [0.4, 0.5) is 5.69 Å². The lowest BCUT2D eigenvalue weighted by Crippen LogP contribution is -2.31. The quantitative estimate of drug-likeness (QED) is 0.386. The fraction of sp³-hybridized carbons (Fsp3) is 0.429. The topological polar surface area (TPSA) is 65.5 Å². The van der Waals surface area contributed by atoms with Crippen LogP contribution in [0.15, 0.2) is 42.6 Å². The van der Waals surface area contributed by atoms with Gasteiger partial charge in [0.05, 0.1) is 21.8 Å². The van der Waals surface area contributed by atoms with Gasteiger partial charge in [-0.15, -0.1) is 0 Å². The minimum Gasteiger partial charge on any atom is -0.506 e. The molecule has 0 aliphatic heterocycles. The molecule has 0 bridgehead atoms. The number of pyridine rings is 1.